The molecule has 17 heteroatoms. The minimum Gasteiger partial charge on any atom is -0.427 e. The maximum Gasteiger partial charge on any atom is 0.455 e. The Labute approximate surface area is 154 Å². The van der Waals surface area contributed by atoms with Crippen LogP contribution in [-0.2, 0) is 39.0 Å². The molecule has 0 aromatic carbocycles. The van der Waals surface area contributed by atoms with Crippen molar-refractivity contribution >= 4 is 7.12 Å². The minimum absolute atomic E-state index is 0. The summed E-state index contributed by atoms with van der Waals surface area (Å²) in [5, 5.41) is 30.1. The summed E-state index contributed by atoms with van der Waals surface area (Å²) in [5.41, 5.74) is 0. The van der Waals surface area contributed by atoms with Crippen molar-refractivity contribution in [2.45, 2.75) is 31.0 Å². The Hall–Kier alpha value is 0.452. The number of alkyl halides is 10. The normalized spacial score (nSPS) is 11.6. The van der Waals surface area contributed by atoms with Crippen molar-refractivity contribution in [3.05, 3.63) is 0 Å². The van der Waals surface area contributed by atoms with Gasteiger partial charge in [-0.15, -0.1) is 0 Å². The minimum atomic E-state index is -5.64. The predicted molar refractivity (Wildman–Crippen MR) is 52.2 cm³/mol. The van der Waals surface area contributed by atoms with Gasteiger partial charge in [0.25, 0.3) is 0 Å². The smallest absolute Gasteiger partial charge is 0.427 e. The molecule has 0 aliphatic heterocycles. The Morgan fingerprint density at radius 1 is 0.625 bits per heavy atom. The van der Waals surface area contributed by atoms with E-state index in [1.807, 2.05) is 0 Å². The zero-order chi connectivity index (χ0) is 19.0. The van der Waals surface area contributed by atoms with Gasteiger partial charge in [-0.1, -0.05) is 0 Å². The van der Waals surface area contributed by atoms with Crippen LogP contribution >= 0.6 is 0 Å². The third-order valence-electron chi connectivity index (χ3n) is 1.23. The van der Waals surface area contributed by atoms with Crippen LogP contribution in [-0.4, -0.2) is 64.8 Å². The average Bonchev–Trinajstić information content (AvgIpc) is 2.26. The van der Waals surface area contributed by atoms with E-state index in [9.17, 15) is 43.9 Å². The van der Waals surface area contributed by atoms with Gasteiger partial charge in [-0.05, 0) is 6.82 Å². The summed E-state index contributed by atoms with van der Waals surface area (Å²) < 4.78 is 111. The van der Waals surface area contributed by atoms with E-state index in [1.165, 1.54) is 6.82 Å². The first-order valence-corrected chi connectivity index (χ1v) is 4.82. The van der Waals surface area contributed by atoms with Crippen molar-refractivity contribution < 1.29 is 103 Å². The van der Waals surface area contributed by atoms with Crippen LogP contribution in [0.25, 0.3) is 0 Å². The van der Waals surface area contributed by atoms with Gasteiger partial charge in [0.05, 0.1) is 0 Å². The molecule has 0 unspecified atom stereocenters. The van der Waals surface area contributed by atoms with Gasteiger partial charge in [-0.3, -0.25) is 0 Å². The molecule has 0 aromatic heterocycles. The van der Waals surface area contributed by atoms with Crippen LogP contribution in [0.1, 0.15) is 0 Å². The van der Waals surface area contributed by atoms with E-state index in [0.29, 0.717) is 0 Å². The summed E-state index contributed by atoms with van der Waals surface area (Å²) in [7, 11) is -1.17. The molecule has 4 N–H and O–H groups in total. The van der Waals surface area contributed by atoms with Crippen molar-refractivity contribution in [2.75, 3.05) is 13.2 Å². The van der Waals surface area contributed by atoms with Gasteiger partial charge in [-0.25, -0.2) is 0 Å². The standard InChI is InChI=1S/2C3H3F5O.CH5BO2.2Zn/c2*4-2(5,1-9)3(6,7)8;1-2(3)4;;/h2*9H,1H2;3-4H,1H3;;. The Bertz CT molecular complexity index is 271. The number of aliphatic hydroxyl groups excluding tert-OH is 2. The zero-order valence-corrected chi connectivity index (χ0v) is 17.9. The molecule has 0 amide bonds. The van der Waals surface area contributed by atoms with Crippen molar-refractivity contribution in [1.29, 1.82) is 0 Å². The number of rotatable bonds is 2. The fourth-order valence-corrected chi connectivity index (χ4v) is 0.179. The Morgan fingerprint density at radius 2 is 0.750 bits per heavy atom. The van der Waals surface area contributed by atoms with E-state index >= 15 is 0 Å². The van der Waals surface area contributed by atoms with E-state index < -0.39 is 44.5 Å². The molecule has 0 fully saturated rings. The van der Waals surface area contributed by atoms with E-state index in [4.69, 9.17) is 20.3 Å². The van der Waals surface area contributed by atoms with Gasteiger partial charge >= 0.3 is 31.3 Å². The second-order valence-corrected chi connectivity index (χ2v) is 3.35. The fraction of sp³-hybridized carbons (Fsp3) is 1.00. The molecular weight excluding hydrogens is 480 g/mol. The summed E-state index contributed by atoms with van der Waals surface area (Å²) in [6.07, 6.45) is -11.3. The van der Waals surface area contributed by atoms with Crippen LogP contribution in [0.5, 0.6) is 0 Å². The first-order valence-electron chi connectivity index (χ1n) is 4.82. The molecule has 140 valence electrons. The van der Waals surface area contributed by atoms with E-state index in [1.54, 1.807) is 0 Å². The zero-order valence-electron chi connectivity index (χ0n) is 12.0. The maximum atomic E-state index is 11.3. The topological polar surface area (TPSA) is 80.9 Å². The molecule has 4 nitrogen and oxygen atoms in total. The molecule has 0 aliphatic rings. The molecule has 0 heterocycles. The second kappa shape index (κ2) is 13.6. The summed E-state index contributed by atoms with van der Waals surface area (Å²) in [6.45, 7) is -3.12. The first kappa shape index (κ1) is 35.5. The van der Waals surface area contributed by atoms with Gasteiger partial charge in [-0.2, -0.15) is 43.9 Å². The van der Waals surface area contributed by atoms with Gasteiger partial charge in [0.1, 0.15) is 13.2 Å². The van der Waals surface area contributed by atoms with Crippen molar-refractivity contribution in [3.63, 3.8) is 0 Å². The second-order valence-electron chi connectivity index (χ2n) is 3.35. The molecule has 0 saturated carbocycles. The Kier molecular flexibility index (Phi) is 20.2. The molecule has 0 spiro atoms. The third-order valence-corrected chi connectivity index (χ3v) is 1.23. The van der Waals surface area contributed by atoms with Crippen LogP contribution in [0.4, 0.5) is 43.9 Å². The molecule has 0 aromatic rings. The Morgan fingerprint density at radius 3 is 0.750 bits per heavy atom. The first-order chi connectivity index (χ1) is 9.35. The van der Waals surface area contributed by atoms with E-state index in [0.717, 1.165) is 0 Å². The molecule has 0 rings (SSSR count). The Balaban J connectivity index is -0.0000000771. The van der Waals surface area contributed by atoms with Gasteiger partial charge in [0.2, 0.25) is 0 Å². The maximum absolute atomic E-state index is 11.3. The van der Waals surface area contributed by atoms with Gasteiger partial charge < -0.3 is 20.3 Å². The largest absolute Gasteiger partial charge is 0.455 e. The molecule has 0 atom stereocenters. The van der Waals surface area contributed by atoms with Crippen LogP contribution in [0, 0.1) is 0 Å². The molecule has 24 heavy (non-hydrogen) atoms. The van der Waals surface area contributed by atoms with Crippen LogP contribution in [0.2, 0.25) is 6.82 Å². The van der Waals surface area contributed by atoms with Gasteiger partial charge in [0, 0.05) is 39.0 Å². The quantitative estimate of drug-likeness (QED) is 0.349. The van der Waals surface area contributed by atoms with E-state index in [-0.39, 0.29) is 39.0 Å². The molecule has 0 aliphatic carbocycles. The predicted octanol–water partition coefficient (Wildman–Crippen LogP) is 1.44. The monoisotopic (exact) mass is 488 g/mol. The number of halogens is 10. The van der Waals surface area contributed by atoms with Gasteiger partial charge in [0.15, 0.2) is 0 Å². The van der Waals surface area contributed by atoms with E-state index in [2.05, 4.69) is 0 Å². The molecule has 0 radical (unpaired) electrons. The fourth-order valence-electron chi connectivity index (χ4n) is 0.179. The van der Waals surface area contributed by atoms with Crippen LogP contribution < -0.4 is 0 Å². The summed E-state index contributed by atoms with van der Waals surface area (Å²) in [4.78, 5) is 0. The molecule has 0 saturated heterocycles. The number of hydrogen-bond donors (Lipinski definition) is 4. The summed E-state index contributed by atoms with van der Waals surface area (Å²) in [6, 6.07) is 0. The summed E-state index contributed by atoms with van der Waals surface area (Å²) in [5.74, 6) is -9.93. The molecule has 0 bridgehead atoms. The van der Waals surface area contributed by atoms with Crippen molar-refractivity contribution in [1.82, 2.24) is 0 Å². The average molecular weight is 491 g/mol. The van der Waals surface area contributed by atoms with Crippen molar-refractivity contribution in [3.8, 4) is 0 Å². The van der Waals surface area contributed by atoms with Crippen LogP contribution in [0.15, 0.2) is 0 Å². The number of aliphatic hydroxyl groups is 2. The number of hydrogen-bond acceptors (Lipinski definition) is 4. The van der Waals surface area contributed by atoms with Crippen LogP contribution in [0.3, 0.4) is 0 Å². The SMILES string of the molecule is CB(O)O.OCC(F)(F)C(F)(F)F.OCC(F)(F)C(F)(F)F.[Zn].[Zn]. The third kappa shape index (κ3) is 17.3. The summed E-state index contributed by atoms with van der Waals surface area (Å²) >= 11 is 0. The van der Waals surface area contributed by atoms with Crippen molar-refractivity contribution in [2.24, 2.45) is 0 Å². The molecular formula is C7H11BF10O4Zn2.